The van der Waals surface area contributed by atoms with E-state index in [0.29, 0.717) is 27.1 Å². The number of carbonyl (C=O) groups is 1. The number of hydrogen-bond acceptors (Lipinski definition) is 7. The monoisotopic (exact) mass is 420 g/mol. The van der Waals surface area contributed by atoms with Crippen molar-refractivity contribution in [3.8, 4) is 28.8 Å². The van der Waals surface area contributed by atoms with Gasteiger partial charge in [-0.15, -0.1) is 22.7 Å². The number of benzene rings is 2. The number of Topliss-reactive ketones (excluding diaryl/α,β-unsaturated/α-hetero) is 1. The molecule has 1 atom stereocenters. The van der Waals surface area contributed by atoms with Gasteiger partial charge in [0, 0.05) is 15.6 Å². The van der Waals surface area contributed by atoms with Gasteiger partial charge in [0.2, 0.25) is 0 Å². The number of hydrogen-bond donors (Lipinski definition) is 0. The number of fused-ring (bicyclic) bond motifs is 1. The third-order valence-electron chi connectivity index (χ3n) is 4.51. The molecule has 7 heteroatoms. The van der Waals surface area contributed by atoms with Crippen molar-refractivity contribution in [1.82, 2.24) is 4.98 Å². The predicted molar refractivity (Wildman–Crippen MR) is 115 cm³/mol. The molecule has 2 aromatic carbocycles. The first-order valence-corrected chi connectivity index (χ1v) is 10.4. The number of thiophene rings is 1. The number of ketones is 1. The van der Waals surface area contributed by atoms with E-state index in [4.69, 9.17) is 9.47 Å². The highest BCUT2D eigenvalue weighted by molar-refractivity contribution is 7.21. The zero-order valence-corrected chi connectivity index (χ0v) is 17.3. The maximum Gasteiger partial charge on any atom is 0.196 e. The van der Waals surface area contributed by atoms with Crippen LogP contribution >= 0.6 is 22.7 Å². The summed E-state index contributed by atoms with van der Waals surface area (Å²) in [6, 6.07) is 17.3. The summed E-state index contributed by atoms with van der Waals surface area (Å²) in [4.78, 5) is 18.1. The molecule has 2 heterocycles. The first-order chi connectivity index (χ1) is 14.1. The number of methoxy groups -OCH3 is 2. The second kappa shape index (κ2) is 8.03. The van der Waals surface area contributed by atoms with Crippen LogP contribution in [0.15, 0.2) is 53.9 Å². The Hall–Kier alpha value is -3.21. The van der Waals surface area contributed by atoms with Crippen molar-refractivity contribution in [3.05, 3.63) is 63.8 Å². The van der Waals surface area contributed by atoms with Gasteiger partial charge in [-0.05, 0) is 35.7 Å². The van der Waals surface area contributed by atoms with Crippen molar-refractivity contribution in [2.24, 2.45) is 0 Å². The summed E-state index contributed by atoms with van der Waals surface area (Å²) >= 11 is 2.71. The number of carbonyl (C=O) groups excluding carboxylic acids is 1. The first-order valence-electron chi connectivity index (χ1n) is 8.75. The van der Waals surface area contributed by atoms with E-state index in [9.17, 15) is 10.1 Å². The van der Waals surface area contributed by atoms with Gasteiger partial charge in [-0.2, -0.15) is 5.26 Å². The van der Waals surface area contributed by atoms with E-state index < -0.39 is 5.92 Å². The lowest BCUT2D eigenvalue weighted by molar-refractivity contribution is 0.0983. The molecular weight excluding hydrogens is 404 g/mol. The summed E-state index contributed by atoms with van der Waals surface area (Å²) < 4.78 is 11.6. The van der Waals surface area contributed by atoms with Gasteiger partial charge in [0.1, 0.15) is 5.01 Å². The Morgan fingerprint density at radius 2 is 1.90 bits per heavy atom. The summed E-state index contributed by atoms with van der Waals surface area (Å²) in [5.74, 6) is 0.0724. The maximum atomic E-state index is 13.0. The molecule has 0 bridgehead atoms. The maximum absolute atomic E-state index is 13.0. The third-order valence-corrected chi connectivity index (χ3v) is 6.55. The van der Waals surface area contributed by atoms with Crippen LogP contribution in [-0.2, 0) is 0 Å². The van der Waals surface area contributed by atoms with Crippen molar-refractivity contribution in [1.29, 1.82) is 5.26 Å². The zero-order valence-electron chi connectivity index (χ0n) is 15.7. The average molecular weight is 421 g/mol. The molecule has 0 aliphatic carbocycles. The average Bonchev–Trinajstić information content (AvgIpc) is 3.41. The highest BCUT2D eigenvalue weighted by Gasteiger charge is 2.26. The lowest BCUT2D eigenvalue weighted by Gasteiger charge is -2.08. The topological polar surface area (TPSA) is 72.2 Å². The van der Waals surface area contributed by atoms with Crippen LogP contribution in [0.5, 0.6) is 11.5 Å². The summed E-state index contributed by atoms with van der Waals surface area (Å²) in [6.45, 7) is 0. The summed E-state index contributed by atoms with van der Waals surface area (Å²) in [5.41, 5.74) is 1.52. The van der Waals surface area contributed by atoms with E-state index in [1.807, 2.05) is 47.8 Å². The smallest absolute Gasteiger partial charge is 0.196 e. The Labute approximate surface area is 175 Å². The van der Waals surface area contributed by atoms with Crippen LogP contribution in [0.4, 0.5) is 0 Å². The van der Waals surface area contributed by atoms with Crippen molar-refractivity contribution < 1.29 is 14.3 Å². The van der Waals surface area contributed by atoms with Crippen LogP contribution < -0.4 is 9.47 Å². The fourth-order valence-electron chi connectivity index (χ4n) is 3.02. The second-order valence-corrected chi connectivity index (χ2v) is 8.19. The molecule has 0 N–H and O–H groups in total. The molecule has 0 aliphatic heterocycles. The van der Waals surface area contributed by atoms with Gasteiger partial charge < -0.3 is 9.47 Å². The van der Waals surface area contributed by atoms with E-state index in [0.717, 1.165) is 15.6 Å². The summed E-state index contributed by atoms with van der Waals surface area (Å²) in [7, 11) is 3.15. The largest absolute Gasteiger partial charge is 0.493 e. The third kappa shape index (κ3) is 3.60. The van der Waals surface area contributed by atoms with Gasteiger partial charge in [-0.3, -0.25) is 4.79 Å². The molecule has 2 aromatic heterocycles. The molecule has 5 nitrogen and oxygen atoms in total. The van der Waals surface area contributed by atoms with Gasteiger partial charge in [-0.25, -0.2) is 4.98 Å². The van der Waals surface area contributed by atoms with Crippen molar-refractivity contribution in [3.63, 3.8) is 0 Å². The zero-order chi connectivity index (χ0) is 20.4. The lowest BCUT2D eigenvalue weighted by atomic mass is 10.0. The summed E-state index contributed by atoms with van der Waals surface area (Å²) in [5, 5.41) is 13.0. The SMILES string of the molecule is COc1ccc(-c2csc(C(C#N)C(=O)c3cc4ccccc4s3)n2)cc1OC. The number of ether oxygens (including phenoxy) is 2. The molecule has 0 fully saturated rings. The molecule has 4 aromatic rings. The molecule has 0 saturated heterocycles. The Morgan fingerprint density at radius 1 is 1.10 bits per heavy atom. The Bertz CT molecular complexity index is 1200. The van der Waals surface area contributed by atoms with E-state index in [2.05, 4.69) is 11.1 Å². The van der Waals surface area contributed by atoms with E-state index >= 15 is 0 Å². The Balaban J connectivity index is 1.65. The molecule has 0 aliphatic rings. The van der Waals surface area contributed by atoms with Crippen LogP contribution in [0, 0.1) is 11.3 Å². The van der Waals surface area contributed by atoms with Gasteiger partial charge in [0.25, 0.3) is 0 Å². The van der Waals surface area contributed by atoms with E-state index in [1.54, 1.807) is 20.3 Å². The standard InChI is InChI=1S/C22H16N2O3S2/c1-26-17-8-7-13(9-18(17)27-2)16-12-28-22(24-16)15(11-23)21(25)20-10-14-5-3-4-6-19(14)29-20/h3-10,12,15H,1-2H3. The van der Waals surface area contributed by atoms with Crippen LogP contribution in [0.3, 0.4) is 0 Å². The van der Waals surface area contributed by atoms with Crippen molar-refractivity contribution >= 4 is 38.5 Å². The quantitative estimate of drug-likeness (QED) is 0.383. The van der Waals surface area contributed by atoms with Crippen LogP contribution in [0.25, 0.3) is 21.3 Å². The number of aromatic nitrogens is 1. The van der Waals surface area contributed by atoms with E-state index in [1.165, 1.54) is 22.7 Å². The van der Waals surface area contributed by atoms with Gasteiger partial charge in [0.05, 0.1) is 30.9 Å². The van der Waals surface area contributed by atoms with Crippen LogP contribution in [0.2, 0.25) is 0 Å². The highest BCUT2D eigenvalue weighted by Crippen LogP contribution is 2.35. The Morgan fingerprint density at radius 3 is 2.62 bits per heavy atom. The molecular formula is C22H16N2O3S2. The first kappa shape index (κ1) is 19.1. The van der Waals surface area contributed by atoms with E-state index in [-0.39, 0.29) is 5.78 Å². The molecule has 0 amide bonds. The van der Waals surface area contributed by atoms with Crippen LogP contribution in [-0.4, -0.2) is 25.0 Å². The van der Waals surface area contributed by atoms with Gasteiger partial charge >= 0.3 is 0 Å². The van der Waals surface area contributed by atoms with Gasteiger partial charge in [0.15, 0.2) is 23.2 Å². The summed E-state index contributed by atoms with van der Waals surface area (Å²) in [6.07, 6.45) is 0. The number of nitrogens with zero attached hydrogens (tertiary/aromatic N) is 2. The fourth-order valence-corrected chi connectivity index (χ4v) is 4.92. The molecule has 0 saturated carbocycles. The minimum absolute atomic E-state index is 0.220. The molecule has 29 heavy (non-hydrogen) atoms. The number of nitriles is 1. The lowest BCUT2D eigenvalue weighted by Crippen LogP contribution is -2.09. The number of thiazole rings is 1. The van der Waals surface area contributed by atoms with Crippen molar-refractivity contribution in [2.45, 2.75) is 5.92 Å². The normalized spacial score (nSPS) is 11.8. The molecule has 0 radical (unpaired) electrons. The Kier molecular flexibility index (Phi) is 5.30. The molecule has 0 spiro atoms. The predicted octanol–water partition coefficient (Wildman–Crippen LogP) is 5.53. The fraction of sp³-hybridized carbons (Fsp3) is 0.136. The molecule has 1 unspecified atom stereocenters. The van der Waals surface area contributed by atoms with Crippen LogP contribution in [0.1, 0.15) is 20.6 Å². The second-order valence-electron chi connectivity index (χ2n) is 6.22. The minimum atomic E-state index is -0.929. The minimum Gasteiger partial charge on any atom is -0.493 e. The molecule has 144 valence electrons. The number of rotatable bonds is 6. The molecule has 4 rings (SSSR count). The van der Waals surface area contributed by atoms with Crippen molar-refractivity contribution in [2.75, 3.05) is 14.2 Å². The van der Waals surface area contributed by atoms with Gasteiger partial charge in [-0.1, -0.05) is 18.2 Å². The highest BCUT2D eigenvalue weighted by atomic mass is 32.1.